The fourth-order valence-electron chi connectivity index (χ4n) is 2.87. The lowest BCUT2D eigenvalue weighted by Crippen LogP contribution is -2.14. The van der Waals surface area contributed by atoms with Crippen molar-refractivity contribution in [3.63, 3.8) is 0 Å². The van der Waals surface area contributed by atoms with E-state index < -0.39 is 5.91 Å². The summed E-state index contributed by atoms with van der Waals surface area (Å²) in [6, 6.07) is 20.9. The van der Waals surface area contributed by atoms with Crippen LogP contribution < -0.4 is 5.32 Å². The number of hydrogen-bond acceptors (Lipinski definition) is 3. The number of amides is 1. The first-order valence-electron chi connectivity index (χ1n) is 8.86. The van der Waals surface area contributed by atoms with E-state index in [1.807, 2.05) is 49.4 Å². The van der Waals surface area contributed by atoms with Crippen molar-refractivity contribution in [3.8, 4) is 17.1 Å². The van der Waals surface area contributed by atoms with Gasteiger partial charge in [0, 0.05) is 15.7 Å². The highest BCUT2D eigenvalue weighted by atomic mass is 79.9. The van der Waals surface area contributed by atoms with Gasteiger partial charge in [-0.05, 0) is 73.2 Å². The molecule has 0 aliphatic heterocycles. The third kappa shape index (κ3) is 4.25. The van der Waals surface area contributed by atoms with Crippen LogP contribution in [0, 0.1) is 12.7 Å². The van der Waals surface area contributed by atoms with Crippen molar-refractivity contribution in [3.05, 3.63) is 94.5 Å². The normalized spacial score (nSPS) is 10.7. The Kier molecular flexibility index (Phi) is 5.22. The number of halogens is 2. The van der Waals surface area contributed by atoms with E-state index in [2.05, 4.69) is 31.3 Å². The number of rotatable bonds is 4. The van der Waals surface area contributed by atoms with Crippen molar-refractivity contribution in [2.24, 2.45) is 0 Å². The minimum absolute atomic E-state index is 0.0220. The summed E-state index contributed by atoms with van der Waals surface area (Å²) in [6.07, 6.45) is 0. The number of aryl methyl sites for hydroxylation is 1. The van der Waals surface area contributed by atoms with Crippen molar-refractivity contribution in [1.82, 2.24) is 14.8 Å². The van der Waals surface area contributed by atoms with Crippen LogP contribution in [0.4, 0.5) is 10.1 Å². The van der Waals surface area contributed by atoms with Gasteiger partial charge < -0.3 is 5.32 Å². The van der Waals surface area contributed by atoms with E-state index in [0.29, 0.717) is 17.1 Å². The molecule has 0 bridgehead atoms. The molecular weight excluding hydrogens is 435 g/mol. The Morgan fingerprint density at radius 3 is 2.45 bits per heavy atom. The zero-order valence-electron chi connectivity index (χ0n) is 15.4. The topological polar surface area (TPSA) is 59.8 Å². The van der Waals surface area contributed by atoms with Crippen LogP contribution in [0.25, 0.3) is 17.1 Å². The second-order valence-corrected chi connectivity index (χ2v) is 7.39. The third-order valence-electron chi connectivity index (χ3n) is 4.26. The predicted octanol–water partition coefficient (Wildman–Crippen LogP) is 5.40. The van der Waals surface area contributed by atoms with E-state index in [1.165, 1.54) is 12.1 Å². The highest BCUT2D eigenvalue weighted by Gasteiger charge is 2.19. The number of aromatic nitrogens is 3. The Hall–Kier alpha value is -3.32. The highest BCUT2D eigenvalue weighted by Crippen LogP contribution is 2.23. The Bertz CT molecular complexity index is 1110. The van der Waals surface area contributed by atoms with Crippen LogP contribution in [-0.2, 0) is 0 Å². The Morgan fingerprint density at radius 1 is 1.03 bits per heavy atom. The van der Waals surface area contributed by atoms with E-state index >= 15 is 0 Å². The number of carbonyl (C=O) groups is 1. The van der Waals surface area contributed by atoms with Crippen molar-refractivity contribution < 1.29 is 9.18 Å². The number of carbonyl (C=O) groups excluding carboxylic acids is 1. The molecule has 0 radical (unpaired) electrons. The summed E-state index contributed by atoms with van der Waals surface area (Å²) < 4.78 is 15.9. The summed E-state index contributed by atoms with van der Waals surface area (Å²) in [5.74, 6) is -0.300. The van der Waals surface area contributed by atoms with Gasteiger partial charge in [0.05, 0.1) is 5.69 Å². The van der Waals surface area contributed by atoms with Crippen LogP contribution in [0.1, 0.15) is 16.2 Å². The largest absolute Gasteiger partial charge is 0.319 e. The van der Waals surface area contributed by atoms with Gasteiger partial charge in [-0.3, -0.25) is 4.79 Å². The molecule has 5 nitrogen and oxygen atoms in total. The molecule has 3 aromatic carbocycles. The van der Waals surface area contributed by atoms with Crippen LogP contribution in [0.3, 0.4) is 0 Å². The Morgan fingerprint density at radius 2 is 1.76 bits per heavy atom. The van der Waals surface area contributed by atoms with Gasteiger partial charge in [-0.25, -0.2) is 14.1 Å². The summed E-state index contributed by atoms with van der Waals surface area (Å²) >= 11 is 3.41. The van der Waals surface area contributed by atoms with Gasteiger partial charge in [0.25, 0.3) is 5.91 Å². The van der Waals surface area contributed by atoms with Crippen molar-refractivity contribution in [2.75, 3.05) is 5.32 Å². The molecule has 0 fully saturated rings. The summed E-state index contributed by atoms with van der Waals surface area (Å²) in [5, 5.41) is 7.23. The molecular formula is C22H16BrFN4O. The van der Waals surface area contributed by atoms with Gasteiger partial charge in [0.2, 0.25) is 5.82 Å². The van der Waals surface area contributed by atoms with E-state index in [0.717, 1.165) is 15.7 Å². The number of nitrogens with zero attached hydrogens (tertiary/aromatic N) is 3. The molecule has 29 heavy (non-hydrogen) atoms. The lowest BCUT2D eigenvalue weighted by atomic mass is 10.2. The molecule has 0 aliphatic rings. The maximum Gasteiger partial charge on any atom is 0.295 e. The molecule has 0 saturated carbocycles. The molecule has 0 unspecified atom stereocenters. The standard InChI is InChI=1S/C22H16BrFN4O/c1-14-3-2-4-18(13-14)25-22(29)20-26-21(15-5-9-17(24)10-6-15)28(27-20)19-11-7-16(23)8-12-19/h2-13H,1H3,(H,25,29). The molecule has 0 spiro atoms. The minimum atomic E-state index is -0.421. The van der Waals surface area contributed by atoms with Crippen molar-refractivity contribution >= 4 is 27.5 Å². The van der Waals surface area contributed by atoms with Gasteiger partial charge in [0.15, 0.2) is 5.82 Å². The van der Waals surface area contributed by atoms with Gasteiger partial charge in [-0.1, -0.05) is 28.1 Å². The summed E-state index contributed by atoms with van der Waals surface area (Å²) in [5.41, 5.74) is 3.08. The van der Waals surface area contributed by atoms with Crippen LogP contribution >= 0.6 is 15.9 Å². The molecule has 144 valence electrons. The zero-order valence-corrected chi connectivity index (χ0v) is 17.0. The van der Waals surface area contributed by atoms with Gasteiger partial charge in [-0.15, -0.1) is 5.10 Å². The van der Waals surface area contributed by atoms with E-state index in [4.69, 9.17) is 0 Å². The first kappa shape index (κ1) is 19.0. The lowest BCUT2D eigenvalue weighted by molar-refractivity contribution is 0.101. The van der Waals surface area contributed by atoms with Crippen molar-refractivity contribution in [2.45, 2.75) is 6.92 Å². The molecule has 1 aromatic heterocycles. The molecule has 1 N–H and O–H groups in total. The SMILES string of the molecule is Cc1cccc(NC(=O)c2nc(-c3ccc(F)cc3)n(-c3ccc(Br)cc3)n2)c1. The predicted molar refractivity (Wildman–Crippen MR) is 114 cm³/mol. The minimum Gasteiger partial charge on any atom is -0.319 e. The molecule has 4 aromatic rings. The Balaban J connectivity index is 1.75. The maximum atomic E-state index is 13.4. The zero-order chi connectivity index (χ0) is 20.4. The summed E-state index contributed by atoms with van der Waals surface area (Å²) in [6.45, 7) is 1.95. The van der Waals surface area contributed by atoms with E-state index in [9.17, 15) is 9.18 Å². The molecule has 1 heterocycles. The third-order valence-corrected chi connectivity index (χ3v) is 4.79. The average Bonchev–Trinajstić information content (AvgIpc) is 3.15. The van der Waals surface area contributed by atoms with E-state index in [-0.39, 0.29) is 11.6 Å². The number of hydrogen-bond donors (Lipinski definition) is 1. The van der Waals surface area contributed by atoms with E-state index in [1.54, 1.807) is 22.9 Å². The number of nitrogens with one attached hydrogen (secondary N) is 1. The molecule has 0 saturated heterocycles. The number of benzene rings is 3. The van der Waals surface area contributed by atoms with Gasteiger partial charge in [0.1, 0.15) is 5.82 Å². The highest BCUT2D eigenvalue weighted by molar-refractivity contribution is 9.10. The monoisotopic (exact) mass is 450 g/mol. The van der Waals surface area contributed by atoms with Crippen LogP contribution in [0.15, 0.2) is 77.3 Å². The maximum absolute atomic E-state index is 13.4. The molecule has 7 heteroatoms. The first-order valence-corrected chi connectivity index (χ1v) is 9.66. The van der Waals surface area contributed by atoms with Crippen LogP contribution in [-0.4, -0.2) is 20.7 Å². The lowest BCUT2D eigenvalue weighted by Gasteiger charge is -2.06. The average molecular weight is 451 g/mol. The summed E-state index contributed by atoms with van der Waals surface area (Å²) in [4.78, 5) is 17.2. The quantitative estimate of drug-likeness (QED) is 0.452. The fourth-order valence-corrected chi connectivity index (χ4v) is 3.13. The van der Waals surface area contributed by atoms with Gasteiger partial charge in [-0.2, -0.15) is 0 Å². The summed E-state index contributed by atoms with van der Waals surface area (Å²) in [7, 11) is 0. The second kappa shape index (κ2) is 7.97. The fraction of sp³-hybridized carbons (Fsp3) is 0.0455. The number of anilines is 1. The Labute approximate surface area is 175 Å². The molecule has 1 amide bonds. The van der Waals surface area contributed by atoms with Crippen LogP contribution in [0.2, 0.25) is 0 Å². The molecule has 4 rings (SSSR count). The van der Waals surface area contributed by atoms with Crippen LogP contribution in [0.5, 0.6) is 0 Å². The smallest absolute Gasteiger partial charge is 0.295 e. The molecule has 0 aliphatic carbocycles. The van der Waals surface area contributed by atoms with Crippen molar-refractivity contribution in [1.29, 1.82) is 0 Å². The first-order chi connectivity index (χ1) is 14.0. The second-order valence-electron chi connectivity index (χ2n) is 6.48. The molecule has 0 atom stereocenters. The van der Waals surface area contributed by atoms with Gasteiger partial charge >= 0.3 is 0 Å².